The average Bonchev–Trinajstić information content (AvgIpc) is 3.29. The fourth-order valence-corrected chi connectivity index (χ4v) is 8.26. The van der Waals surface area contributed by atoms with E-state index in [4.69, 9.17) is 18.9 Å². The molecule has 2 aromatic rings. The Kier molecular flexibility index (Phi) is 10.1. The van der Waals surface area contributed by atoms with Crippen LogP contribution in [0.5, 0.6) is 23.0 Å². The van der Waals surface area contributed by atoms with Gasteiger partial charge in [-0.05, 0) is 78.4 Å². The molecule has 2 aromatic carbocycles. The van der Waals surface area contributed by atoms with Crippen molar-refractivity contribution in [2.45, 2.75) is 50.3 Å². The van der Waals surface area contributed by atoms with Gasteiger partial charge in [-0.25, -0.2) is 9.59 Å². The van der Waals surface area contributed by atoms with Crippen molar-refractivity contribution in [1.29, 1.82) is 0 Å². The van der Waals surface area contributed by atoms with Crippen molar-refractivity contribution in [3.05, 3.63) is 46.5 Å². The van der Waals surface area contributed by atoms with Gasteiger partial charge in [0.25, 0.3) is 23.1 Å². The Bertz CT molecular complexity index is 1540. The molecule has 16 nitrogen and oxygen atoms in total. The van der Waals surface area contributed by atoms with Crippen molar-refractivity contribution in [2.75, 3.05) is 82.8 Å². The topological polar surface area (TPSA) is 149 Å². The van der Waals surface area contributed by atoms with Gasteiger partial charge in [0.2, 0.25) is 0 Å². The summed E-state index contributed by atoms with van der Waals surface area (Å²) in [5.41, 5.74) is -2.04. The Morgan fingerprint density at radius 2 is 0.846 bits per heavy atom. The Hall–Kier alpha value is -4.96. The minimum absolute atomic E-state index is 0.147. The van der Waals surface area contributed by atoms with E-state index in [1.165, 1.54) is 48.0 Å². The zero-order valence-electron chi connectivity index (χ0n) is 31.3. The van der Waals surface area contributed by atoms with Gasteiger partial charge in [-0.2, -0.15) is 0 Å². The van der Waals surface area contributed by atoms with E-state index in [9.17, 15) is 0 Å². The van der Waals surface area contributed by atoms with Crippen molar-refractivity contribution in [3.8, 4) is 23.0 Å². The van der Waals surface area contributed by atoms with Gasteiger partial charge in [-0.1, -0.05) is 0 Å². The summed E-state index contributed by atoms with van der Waals surface area (Å²) >= 11 is 0. The first kappa shape index (κ1) is 36.8. The zero-order chi connectivity index (χ0) is 37.5. The average molecular weight is 723 g/mol. The van der Waals surface area contributed by atoms with Gasteiger partial charge in [0, 0.05) is 35.3 Å². The predicted molar refractivity (Wildman–Crippen MR) is 190 cm³/mol. The van der Waals surface area contributed by atoms with Crippen LogP contribution in [-0.2, 0) is 35.8 Å². The fraction of sp³-hybridized carbons (Fsp3) is 0.556. The van der Waals surface area contributed by atoms with Crippen molar-refractivity contribution >= 4 is 23.9 Å². The van der Waals surface area contributed by atoms with Gasteiger partial charge in [-0.3, -0.25) is 29.2 Å². The number of urea groups is 2. The number of fused-ring (bicyclic) bond motifs is 2. The zero-order valence-corrected chi connectivity index (χ0v) is 31.3. The number of carbonyl (C=O) groups is 4. The van der Waals surface area contributed by atoms with E-state index in [1.54, 1.807) is 24.3 Å². The molecule has 0 atom stereocenters. The van der Waals surface area contributed by atoms with Gasteiger partial charge in [0.15, 0.2) is 0 Å². The molecule has 282 valence electrons. The second-order valence-corrected chi connectivity index (χ2v) is 13.9. The van der Waals surface area contributed by atoms with Crippen molar-refractivity contribution < 1.29 is 38.1 Å². The molecule has 0 saturated carbocycles. The molecule has 0 spiro atoms. The van der Waals surface area contributed by atoms with Gasteiger partial charge in [-0.15, -0.1) is 0 Å². The monoisotopic (exact) mass is 722 g/mol. The molecule has 0 aromatic heterocycles. The van der Waals surface area contributed by atoms with E-state index >= 15 is 19.2 Å². The molecule has 16 heteroatoms. The smallest absolute Gasteiger partial charge is 0.325 e. The van der Waals surface area contributed by atoms with Crippen LogP contribution in [0.4, 0.5) is 9.59 Å². The molecule has 4 aliphatic heterocycles. The Morgan fingerprint density at radius 1 is 0.577 bits per heavy atom. The number of methoxy groups -OCH3 is 4. The first-order valence-corrected chi connectivity index (χ1v) is 17.4. The lowest BCUT2D eigenvalue weighted by Gasteiger charge is -2.45. The lowest BCUT2D eigenvalue weighted by molar-refractivity contribution is -0.163. The van der Waals surface area contributed by atoms with E-state index in [1.807, 2.05) is 38.0 Å². The first-order valence-electron chi connectivity index (χ1n) is 17.4. The standard InChI is InChI=1S/C36H50N8O8/c1-39(2)17-9-15-37-31(45)35-36(32(46)38-16-10-18-40(3)4)43-21-25-26(30(52-8)14-13-29(25)51-7)22-44(36)34(48)42(35)20-24-23(19-41(35)33(43)47)27(49-5)11-12-28(24)50-6/h11-14H,9-10,15-22H2,1-8H3,(H,37,45)(H,38,46). The summed E-state index contributed by atoms with van der Waals surface area (Å²) in [7, 11) is 13.8. The van der Waals surface area contributed by atoms with E-state index < -0.39 is 35.2 Å². The molecule has 0 bridgehead atoms. The van der Waals surface area contributed by atoms with Crippen LogP contribution in [0.2, 0.25) is 0 Å². The Morgan fingerprint density at radius 3 is 1.08 bits per heavy atom. The largest absolute Gasteiger partial charge is 0.496 e. The normalized spacial score (nSPS) is 21.4. The maximum absolute atomic E-state index is 15.3. The molecule has 2 N–H and O–H groups in total. The van der Waals surface area contributed by atoms with Crippen LogP contribution >= 0.6 is 0 Å². The number of benzene rings is 2. The highest BCUT2D eigenvalue weighted by atomic mass is 16.5. The second kappa shape index (κ2) is 14.2. The van der Waals surface area contributed by atoms with E-state index in [0.29, 0.717) is 71.2 Å². The molecule has 0 aliphatic carbocycles. The van der Waals surface area contributed by atoms with E-state index in [2.05, 4.69) is 10.6 Å². The van der Waals surface area contributed by atoms with Crippen LogP contribution in [0.1, 0.15) is 35.1 Å². The number of amides is 6. The van der Waals surface area contributed by atoms with Gasteiger partial charge in [0.05, 0.1) is 54.6 Å². The van der Waals surface area contributed by atoms with Crippen LogP contribution in [0.25, 0.3) is 0 Å². The number of hydrogen-bond acceptors (Lipinski definition) is 10. The van der Waals surface area contributed by atoms with Crippen molar-refractivity contribution in [1.82, 2.24) is 40.0 Å². The Labute approximate surface area is 304 Å². The summed E-state index contributed by atoms with van der Waals surface area (Å²) < 4.78 is 23.1. The number of ether oxygens (including phenoxy) is 4. The second-order valence-electron chi connectivity index (χ2n) is 13.9. The van der Waals surface area contributed by atoms with E-state index in [0.717, 1.165) is 0 Å². The third kappa shape index (κ3) is 5.33. The third-order valence-electron chi connectivity index (χ3n) is 10.6. The van der Waals surface area contributed by atoms with Crippen LogP contribution < -0.4 is 29.6 Å². The summed E-state index contributed by atoms with van der Waals surface area (Å²) in [5, 5.41) is 6.11. The fourth-order valence-electron chi connectivity index (χ4n) is 8.26. The summed E-state index contributed by atoms with van der Waals surface area (Å²) in [6.45, 7) is 1.26. The maximum Gasteiger partial charge on any atom is 0.325 e. The summed E-state index contributed by atoms with van der Waals surface area (Å²) in [6, 6.07) is 5.71. The highest BCUT2D eigenvalue weighted by Crippen LogP contribution is 2.58. The van der Waals surface area contributed by atoms with Gasteiger partial charge < -0.3 is 39.4 Å². The molecule has 0 radical (unpaired) electrons. The van der Waals surface area contributed by atoms with Crippen LogP contribution in [0.15, 0.2) is 24.3 Å². The number of nitrogens with zero attached hydrogens (tertiary/aromatic N) is 6. The van der Waals surface area contributed by atoms with Gasteiger partial charge in [0.1, 0.15) is 23.0 Å². The number of carbonyl (C=O) groups excluding carboxylic acids is 4. The summed E-state index contributed by atoms with van der Waals surface area (Å²) in [4.78, 5) is 70.8. The minimum Gasteiger partial charge on any atom is -0.496 e. The number of nitrogens with one attached hydrogen (secondary N) is 2. The van der Waals surface area contributed by atoms with Crippen LogP contribution in [0, 0.1) is 0 Å². The SMILES string of the molecule is COc1ccc(OC)c2c1CN1C(=O)N3Cc4c(OC)ccc(OC)c4CN4C(=O)N(C2)C1(C(=O)NCCCN(C)C)C34C(=O)NCCCN(C)C. The summed E-state index contributed by atoms with van der Waals surface area (Å²) in [6.07, 6.45) is 1.19. The molecule has 2 saturated heterocycles. The quantitative estimate of drug-likeness (QED) is 0.275. The molecule has 0 unspecified atom stereocenters. The highest BCUT2D eigenvalue weighted by molar-refractivity contribution is 6.12. The third-order valence-corrected chi connectivity index (χ3v) is 10.6. The molecular weight excluding hydrogens is 672 g/mol. The minimum atomic E-state index is -2.16. The highest BCUT2D eigenvalue weighted by Gasteiger charge is 2.86. The van der Waals surface area contributed by atoms with Crippen LogP contribution in [-0.4, -0.2) is 147 Å². The molecule has 4 heterocycles. The summed E-state index contributed by atoms with van der Waals surface area (Å²) in [5.74, 6) is 0.538. The molecule has 52 heavy (non-hydrogen) atoms. The van der Waals surface area contributed by atoms with Crippen molar-refractivity contribution in [2.24, 2.45) is 0 Å². The number of hydrogen-bond donors (Lipinski definition) is 2. The van der Waals surface area contributed by atoms with E-state index in [-0.39, 0.29) is 39.3 Å². The molecule has 2 fully saturated rings. The van der Waals surface area contributed by atoms with Crippen molar-refractivity contribution in [3.63, 3.8) is 0 Å². The molecular formula is C36H50N8O8. The molecule has 4 aliphatic rings. The van der Waals surface area contributed by atoms with Gasteiger partial charge >= 0.3 is 12.1 Å². The first-order chi connectivity index (χ1) is 24.9. The maximum atomic E-state index is 15.3. The predicted octanol–water partition coefficient (Wildman–Crippen LogP) is 1.45. The number of rotatable bonds is 14. The molecule has 6 amide bonds. The lowest BCUT2D eigenvalue weighted by atomic mass is 9.88. The Balaban J connectivity index is 1.63. The lowest BCUT2D eigenvalue weighted by Crippen LogP contribution is -2.77. The molecule has 6 rings (SSSR count). The van der Waals surface area contributed by atoms with Crippen LogP contribution in [0.3, 0.4) is 0 Å².